The lowest BCUT2D eigenvalue weighted by Gasteiger charge is -2.07. The standard InChI is InChI=1S/C9H7Cl3O3/c10-5-3-6(11)9(7(12)4-5)15-8(14)1-2-13/h3-4,13H,1-2H2. The zero-order valence-electron chi connectivity index (χ0n) is 7.47. The summed E-state index contributed by atoms with van der Waals surface area (Å²) in [6.07, 6.45) is -0.116. The second-order valence-corrected chi connectivity index (χ2v) is 3.90. The molecule has 6 heteroatoms. The Balaban J connectivity index is 2.90. The number of halogens is 3. The van der Waals surface area contributed by atoms with Crippen LogP contribution in [0.1, 0.15) is 6.42 Å². The van der Waals surface area contributed by atoms with Gasteiger partial charge in [0, 0.05) is 5.02 Å². The van der Waals surface area contributed by atoms with Crippen molar-refractivity contribution in [1.29, 1.82) is 0 Å². The highest BCUT2D eigenvalue weighted by Gasteiger charge is 2.13. The molecule has 1 aromatic rings. The minimum absolute atomic E-state index is 0.0567. The monoisotopic (exact) mass is 268 g/mol. The Hall–Kier alpha value is -0.480. The van der Waals surface area contributed by atoms with Crippen LogP contribution < -0.4 is 4.74 Å². The Labute approximate surface area is 102 Å². The van der Waals surface area contributed by atoms with Gasteiger partial charge >= 0.3 is 5.97 Å². The summed E-state index contributed by atoms with van der Waals surface area (Å²) in [5.74, 6) is -0.551. The van der Waals surface area contributed by atoms with Gasteiger partial charge < -0.3 is 9.84 Å². The zero-order chi connectivity index (χ0) is 11.4. The first-order chi connectivity index (χ1) is 7.04. The smallest absolute Gasteiger partial charge is 0.313 e. The van der Waals surface area contributed by atoms with Crippen molar-refractivity contribution in [1.82, 2.24) is 0 Å². The van der Waals surface area contributed by atoms with Crippen LogP contribution in [-0.2, 0) is 4.79 Å². The topological polar surface area (TPSA) is 46.5 Å². The van der Waals surface area contributed by atoms with Crippen LogP contribution in [0, 0.1) is 0 Å². The van der Waals surface area contributed by atoms with Gasteiger partial charge in [0.15, 0.2) is 5.75 Å². The lowest BCUT2D eigenvalue weighted by molar-refractivity contribution is -0.135. The van der Waals surface area contributed by atoms with Gasteiger partial charge in [-0.25, -0.2) is 0 Å². The summed E-state index contributed by atoms with van der Waals surface area (Å²) in [6, 6.07) is 2.83. The van der Waals surface area contributed by atoms with Crippen molar-refractivity contribution in [2.75, 3.05) is 6.61 Å². The maximum absolute atomic E-state index is 11.1. The molecule has 1 aromatic carbocycles. The van der Waals surface area contributed by atoms with Crippen molar-refractivity contribution in [2.24, 2.45) is 0 Å². The van der Waals surface area contributed by atoms with E-state index in [0.29, 0.717) is 5.02 Å². The maximum Gasteiger partial charge on any atom is 0.313 e. The van der Waals surface area contributed by atoms with Crippen LogP contribution in [0.2, 0.25) is 15.1 Å². The van der Waals surface area contributed by atoms with Gasteiger partial charge in [-0.3, -0.25) is 4.79 Å². The molecule has 1 N–H and O–H groups in total. The van der Waals surface area contributed by atoms with E-state index >= 15 is 0 Å². The highest BCUT2D eigenvalue weighted by molar-refractivity contribution is 6.40. The molecule has 0 saturated carbocycles. The highest BCUT2D eigenvalue weighted by Crippen LogP contribution is 2.35. The van der Waals surface area contributed by atoms with E-state index in [0.717, 1.165) is 0 Å². The predicted octanol–water partition coefficient (Wildman–Crippen LogP) is 2.93. The number of carbonyl (C=O) groups is 1. The number of hydrogen-bond donors (Lipinski definition) is 1. The van der Waals surface area contributed by atoms with E-state index < -0.39 is 5.97 Å². The van der Waals surface area contributed by atoms with Gasteiger partial charge in [0.25, 0.3) is 0 Å². The Morgan fingerprint density at radius 3 is 2.27 bits per heavy atom. The van der Waals surface area contributed by atoms with Crippen LogP contribution in [0.4, 0.5) is 0 Å². The van der Waals surface area contributed by atoms with Gasteiger partial charge in [0.1, 0.15) is 0 Å². The van der Waals surface area contributed by atoms with E-state index in [1.54, 1.807) is 0 Å². The molecule has 0 radical (unpaired) electrons. The molecule has 0 amide bonds. The van der Waals surface area contributed by atoms with Crippen molar-refractivity contribution in [3.8, 4) is 5.75 Å². The number of hydrogen-bond acceptors (Lipinski definition) is 3. The average Bonchev–Trinajstić information content (AvgIpc) is 2.11. The minimum atomic E-state index is -0.608. The number of carbonyl (C=O) groups excluding carboxylic acids is 1. The molecule has 0 bridgehead atoms. The molecule has 0 aliphatic carbocycles. The van der Waals surface area contributed by atoms with Crippen molar-refractivity contribution >= 4 is 40.8 Å². The second-order valence-electron chi connectivity index (χ2n) is 2.65. The highest BCUT2D eigenvalue weighted by atomic mass is 35.5. The summed E-state index contributed by atoms with van der Waals surface area (Å²) in [5.41, 5.74) is 0. The Bertz CT molecular complexity index is 356. The Kier molecular flexibility index (Phi) is 4.67. The fourth-order valence-corrected chi connectivity index (χ4v) is 1.78. The molecule has 0 unspecified atom stereocenters. The normalized spacial score (nSPS) is 10.1. The van der Waals surface area contributed by atoms with E-state index in [1.165, 1.54) is 12.1 Å². The van der Waals surface area contributed by atoms with Crippen LogP contribution in [0.5, 0.6) is 5.75 Å². The van der Waals surface area contributed by atoms with Crippen LogP contribution in [0.15, 0.2) is 12.1 Å². The molecule has 0 atom stereocenters. The molecule has 15 heavy (non-hydrogen) atoms. The summed E-state index contributed by atoms with van der Waals surface area (Å²) in [7, 11) is 0. The van der Waals surface area contributed by atoms with E-state index in [1.807, 2.05) is 0 Å². The maximum atomic E-state index is 11.1. The Morgan fingerprint density at radius 2 is 1.80 bits per heavy atom. The first-order valence-corrected chi connectivity index (χ1v) is 5.14. The predicted molar refractivity (Wildman–Crippen MR) is 58.8 cm³/mol. The molecular weight excluding hydrogens is 262 g/mol. The number of aliphatic hydroxyl groups is 1. The van der Waals surface area contributed by atoms with E-state index in [9.17, 15) is 4.79 Å². The van der Waals surface area contributed by atoms with Crippen LogP contribution in [-0.4, -0.2) is 17.7 Å². The molecule has 82 valence electrons. The van der Waals surface area contributed by atoms with Crippen LogP contribution in [0.3, 0.4) is 0 Å². The van der Waals surface area contributed by atoms with Crippen LogP contribution >= 0.6 is 34.8 Å². The van der Waals surface area contributed by atoms with Gasteiger partial charge in [-0.15, -0.1) is 0 Å². The first kappa shape index (κ1) is 12.6. The molecule has 0 heterocycles. The summed E-state index contributed by atoms with van der Waals surface area (Å²) in [4.78, 5) is 11.1. The molecule has 3 nitrogen and oxygen atoms in total. The van der Waals surface area contributed by atoms with E-state index in [2.05, 4.69) is 0 Å². The number of ether oxygens (including phenoxy) is 1. The average molecular weight is 270 g/mol. The van der Waals surface area contributed by atoms with Gasteiger partial charge in [-0.2, -0.15) is 0 Å². The summed E-state index contributed by atoms with van der Waals surface area (Å²) in [5, 5.41) is 9.17. The molecule has 1 rings (SSSR count). The minimum Gasteiger partial charge on any atom is -0.423 e. The second kappa shape index (κ2) is 5.56. The van der Waals surface area contributed by atoms with Crippen molar-refractivity contribution in [3.63, 3.8) is 0 Å². The van der Waals surface area contributed by atoms with Crippen molar-refractivity contribution < 1.29 is 14.6 Å². The molecule has 0 fully saturated rings. The third-order valence-electron chi connectivity index (χ3n) is 1.49. The molecule has 0 aliphatic rings. The quantitative estimate of drug-likeness (QED) is 0.678. The third-order valence-corrected chi connectivity index (χ3v) is 2.27. The lowest BCUT2D eigenvalue weighted by Crippen LogP contribution is -2.10. The fraction of sp³-hybridized carbons (Fsp3) is 0.222. The fourth-order valence-electron chi connectivity index (χ4n) is 0.883. The molecule has 0 spiro atoms. The molecule has 0 aromatic heterocycles. The molecule has 0 aliphatic heterocycles. The third kappa shape index (κ3) is 3.54. The Morgan fingerprint density at radius 1 is 1.27 bits per heavy atom. The zero-order valence-corrected chi connectivity index (χ0v) is 9.73. The lowest BCUT2D eigenvalue weighted by atomic mass is 10.3. The van der Waals surface area contributed by atoms with E-state index in [-0.39, 0.29) is 28.8 Å². The molecular formula is C9H7Cl3O3. The number of aliphatic hydroxyl groups excluding tert-OH is 1. The van der Waals surface area contributed by atoms with E-state index in [4.69, 9.17) is 44.6 Å². The number of esters is 1. The summed E-state index contributed by atoms with van der Waals surface area (Å²) < 4.78 is 4.85. The largest absolute Gasteiger partial charge is 0.423 e. The SMILES string of the molecule is O=C(CCO)Oc1c(Cl)cc(Cl)cc1Cl. The van der Waals surface area contributed by atoms with Crippen molar-refractivity contribution in [2.45, 2.75) is 6.42 Å². The van der Waals surface area contributed by atoms with Gasteiger partial charge in [0.2, 0.25) is 0 Å². The number of rotatable bonds is 3. The van der Waals surface area contributed by atoms with Crippen LogP contribution in [0.25, 0.3) is 0 Å². The molecule has 0 saturated heterocycles. The summed E-state index contributed by atoms with van der Waals surface area (Å²) >= 11 is 17.2. The summed E-state index contributed by atoms with van der Waals surface area (Å²) in [6.45, 7) is -0.290. The van der Waals surface area contributed by atoms with Crippen molar-refractivity contribution in [3.05, 3.63) is 27.2 Å². The van der Waals surface area contributed by atoms with Gasteiger partial charge in [-0.1, -0.05) is 34.8 Å². The van der Waals surface area contributed by atoms with Gasteiger partial charge in [0.05, 0.1) is 23.1 Å². The first-order valence-electron chi connectivity index (χ1n) is 4.00. The number of benzene rings is 1. The van der Waals surface area contributed by atoms with Gasteiger partial charge in [-0.05, 0) is 12.1 Å².